The van der Waals surface area contributed by atoms with Crippen molar-refractivity contribution in [2.45, 2.75) is 44.3 Å². The van der Waals surface area contributed by atoms with Crippen LogP contribution in [0.15, 0.2) is 18.3 Å². The van der Waals surface area contributed by atoms with E-state index in [1.165, 1.54) is 0 Å². The number of hydrogen-bond acceptors (Lipinski definition) is 3. The first-order valence-electron chi connectivity index (χ1n) is 7.65. The molecule has 1 amide bonds. The molecule has 2 heterocycles. The SMILES string of the molecule is CC1(CCOS(C)(C)C(C)(C)C)CN(C=O)c2ncccc21. The first-order valence-corrected chi connectivity index (χ1v) is 10.0. The molecule has 0 fully saturated rings. The van der Waals surface area contributed by atoms with Gasteiger partial charge in [0, 0.05) is 28.5 Å². The summed E-state index contributed by atoms with van der Waals surface area (Å²) in [6.45, 7) is 10.3. The van der Waals surface area contributed by atoms with Gasteiger partial charge in [0.05, 0.1) is 6.61 Å². The lowest BCUT2D eigenvalue weighted by Crippen LogP contribution is -2.32. The minimum absolute atomic E-state index is 0.0854. The number of anilines is 1. The van der Waals surface area contributed by atoms with Crippen LogP contribution in [0.3, 0.4) is 0 Å². The van der Waals surface area contributed by atoms with Gasteiger partial charge in [-0.25, -0.2) is 4.98 Å². The first-order chi connectivity index (χ1) is 10.1. The number of rotatable bonds is 5. The van der Waals surface area contributed by atoms with Gasteiger partial charge in [-0.15, -0.1) is 10.3 Å². The molecule has 22 heavy (non-hydrogen) atoms. The predicted octanol–water partition coefficient (Wildman–Crippen LogP) is 3.50. The Morgan fingerprint density at radius 3 is 2.73 bits per heavy atom. The van der Waals surface area contributed by atoms with E-state index in [9.17, 15) is 4.79 Å². The lowest BCUT2D eigenvalue weighted by Gasteiger charge is -2.44. The molecule has 1 aliphatic heterocycles. The molecule has 2 rings (SSSR count). The van der Waals surface area contributed by atoms with Crippen molar-refractivity contribution in [3.63, 3.8) is 0 Å². The first kappa shape index (κ1) is 17.3. The van der Waals surface area contributed by atoms with Crippen LogP contribution in [0.5, 0.6) is 0 Å². The second kappa shape index (κ2) is 5.85. The number of carbonyl (C=O) groups excluding carboxylic acids is 1. The van der Waals surface area contributed by atoms with Crippen molar-refractivity contribution in [3.05, 3.63) is 23.9 Å². The van der Waals surface area contributed by atoms with Crippen LogP contribution in [0.1, 0.15) is 39.7 Å². The monoisotopic (exact) mass is 324 g/mol. The van der Waals surface area contributed by atoms with Crippen LogP contribution in [0.25, 0.3) is 0 Å². The Kier molecular flexibility index (Phi) is 4.60. The van der Waals surface area contributed by atoms with E-state index in [0.29, 0.717) is 13.2 Å². The predicted molar refractivity (Wildman–Crippen MR) is 94.8 cm³/mol. The molecule has 0 saturated carbocycles. The minimum Gasteiger partial charge on any atom is -0.337 e. The lowest BCUT2D eigenvalue weighted by molar-refractivity contribution is -0.107. The van der Waals surface area contributed by atoms with Crippen LogP contribution in [-0.4, -0.2) is 41.8 Å². The molecule has 0 aliphatic carbocycles. The standard InChI is InChI=1S/C17H28N2O2S/c1-16(2,3)22(5,6)21-11-9-17(4)12-19(13-20)15-14(17)8-7-10-18-15/h7-8,10,13H,9,11-12H2,1-6H3. The van der Waals surface area contributed by atoms with Crippen LogP contribution >= 0.6 is 10.3 Å². The Morgan fingerprint density at radius 1 is 1.45 bits per heavy atom. The highest BCUT2D eigenvalue weighted by molar-refractivity contribution is 8.29. The summed E-state index contributed by atoms with van der Waals surface area (Å²) >= 11 is 0. The van der Waals surface area contributed by atoms with Gasteiger partial charge in [0.2, 0.25) is 6.41 Å². The molecule has 4 nitrogen and oxygen atoms in total. The van der Waals surface area contributed by atoms with Crippen LogP contribution in [0, 0.1) is 0 Å². The normalized spacial score (nSPS) is 22.5. The minimum atomic E-state index is -1.11. The third-order valence-electron chi connectivity index (χ3n) is 4.86. The van der Waals surface area contributed by atoms with Gasteiger partial charge in [0.25, 0.3) is 0 Å². The van der Waals surface area contributed by atoms with Gasteiger partial charge in [-0.2, -0.15) is 0 Å². The fraction of sp³-hybridized carbons (Fsp3) is 0.647. The zero-order chi connectivity index (χ0) is 16.6. The molecule has 0 saturated heterocycles. The van der Waals surface area contributed by atoms with Gasteiger partial charge in [-0.3, -0.25) is 9.69 Å². The van der Waals surface area contributed by atoms with E-state index in [2.05, 4.69) is 51.3 Å². The van der Waals surface area contributed by atoms with E-state index in [1.807, 2.05) is 6.07 Å². The smallest absolute Gasteiger partial charge is 0.215 e. The number of nitrogens with zero attached hydrogens (tertiary/aromatic N) is 2. The van der Waals surface area contributed by atoms with E-state index in [-0.39, 0.29) is 10.2 Å². The molecule has 0 aromatic carbocycles. The van der Waals surface area contributed by atoms with E-state index in [1.54, 1.807) is 11.1 Å². The zero-order valence-electron chi connectivity index (χ0n) is 14.5. The topological polar surface area (TPSA) is 42.4 Å². The quantitative estimate of drug-likeness (QED) is 0.779. The Hall–Kier alpha value is -1.07. The Balaban J connectivity index is 2.09. The maximum atomic E-state index is 11.3. The van der Waals surface area contributed by atoms with Crippen molar-refractivity contribution in [2.75, 3.05) is 30.6 Å². The molecular weight excluding hydrogens is 296 g/mol. The molecule has 1 aliphatic rings. The largest absolute Gasteiger partial charge is 0.337 e. The molecule has 0 radical (unpaired) electrons. The average Bonchev–Trinajstić information content (AvgIpc) is 2.71. The highest BCUT2D eigenvalue weighted by atomic mass is 32.3. The number of carbonyl (C=O) groups is 1. The number of aromatic nitrogens is 1. The van der Waals surface area contributed by atoms with Crippen LogP contribution < -0.4 is 4.90 Å². The van der Waals surface area contributed by atoms with Crippen molar-refractivity contribution in [3.8, 4) is 0 Å². The molecule has 1 aromatic rings. The molecule has 1 unspecified atom stereocenters. The summed E-state index contributed by atoms with van der Waals surface area (Å²) in [7, 11) is -1.11. The van der Waals surface area contributed by atoms with Crippen molar-refractivity contribution in [1.29, 1.82) is 0 Å². The summed E-state index contributed by atoms with van der Waals surface area (Å²) in [6, 6.07) is 4.02. The summed E-state index contributed by atoms with van der Waals surface area (Å²) < 4.78 is 6.43. The van der Waals surface area contributed by atoms with Gasteiger partial charge in [-0.1, -0.05) is 33.8 Å². The molecule has 1 atom stereocenters. The van der Waals surface area contributed by atoms with E-state index in [0.717, 1.165) is 24.2 Å². The maximum absolute atomic E-state index is 11.3. The van der Waals surface area contributed by atoms with Crippen molar-refractivity contribution >= 4 is 22.5 Å². The number of amides is 1. The number of fused-ring (bicyclic) bond motifs is 1. The van der Waals surface area contributed by atoms with Crippen molar-refractivity contribution < 1.29 is 8.98 Å². The van der Waals surface area contributed by atoms with Gasteiger partial charge in [-0.05, 0) is 25.0 Å². The Bertz CT molecular complexity index is 554. The highest BCUT2D eigenvalue weighted by Crippen LogP contribution is 2.54. The van der Waals surface area contributed by atoms with Crippen LogP contribution in [-0.2, 0) is 14.4 Å². The van der Waals surface area contributed by atoms with Crippen molar-refractivity contribution in [1.82, 2.24) is 4.98 Å². The van der Waals surface area contributed by atoms with E-state index in [4.69, 9.17) is 4.18 Å². The molecule has 0 bridgehead atoms. The van der Waals surface area contributed by atoms with Gasteiger partial charge in [0.1, 0.15) is 5.82 Å². The maximum Gasteiger partial charge on any atom is 0.215 e. The fourth-order valence-electron chi connectivity index (χ4n) is 2.59. The Labute approximate surface area is 135 Å². The second-order valence-electron chi connectivity index (χ2n) is 7.59. The average molecular weight is 324 g/mol. The van der Waals surface area contributed by atoms with Gasteiger partial charge in [0.15, 0.2) is 0 Å². The third kappa shape index (κ3) is 3.15. The summed E-state index contributed by atoms with van der Waals surface area (Å²) in [5.41, 5.74) is 1.06. The summed E-state index contributed by atoms with van der Waals surface area (Å²) in [4.78, 5) is 17.3. The molecule has 124 valence electrons. The van der Waals surface area contributed by atoms with Gasteiger partial charge < -0.3 is 4.18 Å². The van der Waals surface area contributed by atoms with E-state index >= 15 is 0 Å². The fourth-order valence-corrected chi connectivity index (χ4v) is 3.44. The zero-order valence-corrected chi connectivity index (χ0v) is 15.4. The van der Waals surface area contributed by atoms with E-state index < -0.39 is 10.3 Å². The van der Waals surface area contributed by atoms with Crippen LogP contribution in [0.4, 0.5) is 5.82 Å². The third-order valence-corrected chi connectivity index (χ3v) is 8.57. The van der Waals surface area contributed by atoms with Crippen LogP contribution in [0.2, 0.25) is 0 Å². The molecule has 0 spiro atoms. The lowest BCUT2D eigenvalue weighted by atomic mass is 9.82. The molecule has 1 aromatic heterocycles. The number of hydrogen-bond donors (Lipinski definition) is 0. The van der Waals surface area contributed by atoms with Crippen molar-refractivity contribution in [2.24, 2.45) is 0 Å². The highest BCUT2D eigenvalue weighted by Gasteiger charge is 2.40. The number of pyridine rings is 1. The summed E-state index contributed by atoms with van der Waals surface area (Å²) in [6.07, 6.45) is 7.95. The summed E-state index contributed by atoms with van der Waals surface area (Å²) in [5.74, 6) is 0.794. The molecule has 5 heteroatoms. The molecular formula is C17H28N2O2S. The second-order valence-corrected chi connectivity index (χ2v) is 11.5. The Morgan fingerprint density at radius 2 is 2.14 bits per heavy atom. The summed E-state index contributed by atoms with van der Waals surface area (Å²) in [5, 5.41) is 0. The van der Waals surface area contributed by atoms with Gasteiger partial charge >= 0.3 is 0 Å². The molecule has 0 N–H and O–H groups in total.